The van der Waals surface area contributed by atoms with Gasteiger partial charge in [-0.15, -0.1) is 0 Å². The minimum Gasteiger partial charge on any atom is -0.740 e. The molecule has 0 radical (unpaired) electrons. The largest absolute Gasteiger partial charge is 0.740 e. The van der Waals surface area contributed by atoms with Crippen LogP contribution in [0.15, 0.2) is 12.1 Å². The first-order valence-corrected chi connectivity index (χ1v) is 5.19. The van der Waals surface area contributed by atoms with Gasteiger partial charge in [0.15, 0.2) is 5.52 Å². The number of hydrogen-bond acceptors (Lipinski definition) is 5. The first-order valence-electron chi connectivity index (χ1n) is 5.19. The van der Waals surface area contributed by atoms with Gasteiger partial charge in [0.05, 0.1) is 18.4 Å². The second-order valence-electron chi connectivity index (χ2n) is 3.54. The molecule has 0 bridgehead atoms. The first kappa shape index (κ1) is 11.2. The Morgan fingerprint density at radius 1 is 1.12 bits per heavy atom. The van der Waals surface area contributed by atoms with Crippen molar-refractivity contribution < 1.29 is 9.94 Å². The molecule has 0 fully saturated rings. The second-order valence-corrected chi connectivity index (χ2v) is 3.54. The molecule has 1 aromatic heterocycles. The standard InChI is InChI=1S/C10H15N5O2/c1-11-6-4-5-7(12-2)9-8(6)14(16)10(13-3)15(9)17/h4-5,11-13,16H,1-3H3. The normalized spacial score (nSPS) is 10.5. The molecule has 4 N–H and O–H groups in total. The summed E-state index contributed by atoms with van der Waals surface area (Å²) in [5.41, 5.74) is 2.14. The number of benzene rings is 1. The van der Waals surface area contributed by atoms with Crippen molar-refractivity contribution in [1.82, 2.24) is 4.73 Å². The first-order chi connectivity index (χ1) is 8.15. The Hall–Kier alpha value is -2.31. The minimum atomic E-state index is 0.0687. The van der Waals surface area contributed by atoms with Gasteiger partial charge >= 0.3 is 5.95 Å². The van der Waals surface area contributed by atoms with E-state index in [1.165, 1.54) is 0 Å². The van der Waals surface area contributed by atoms with Crippen LogP contribution in [-0.2, 0) is 0 Å². The van der Waals surface area contributed by atoms with Crippen LogP contribution in [0.25, 0.3) is 11.0 Å². The Morgan fingerprint density at radius 2 is 1.71 bits per heavy atom. The summed E-state index contributed by atoms with van der Waals surface area (Å²) in [4.78, 5) is 0. The fourth-order valence-electron chi connectivity index (χ4n) is 1.91. The molecule has 0 atom stereocenters. The average molecular weight is 237 g/mol. The van der Waals surface area contributed by atoms with E-state index >= 15 is 0 Å². The monoisotopic (exact) mass is 237 g/mol. The molecule has 2 aromatic rings. The number of fused-ring (bicyclic) bond motifs is 1. The van der Waals surface area contributed by atoms with E-state index in [1.54, 1.807) is 33.3 Å². The van der Waals surface area contributed by atoms with Crippen molar-refractivity contribution in [3.8, 4) is 0 Å². The lowest BCUT2D eigenvalue weighted by atomic mass is 10.2. The van der Waals surface area contributed by atoms with E-state index in [-0.39, 0.29) is 5.95 Å². The maximum Gasteiger partial charge on any atom is 0.395 e. The van der Waals surface area contributed by atoms with Gasteiger partial charge in [0.25, 0.3) is 0 Å². The Kier molecular flexibility index (Phi) is 2.58. The van der Waals surface area contributed by atoms with Crippen molar-refractivity contribution in [2.24, 2.45) is 0 Å². The molecule has 0 aliphatic rings. The Labute approximate surface area is 98.2 Å². The van der Waals surface area contributed by atoms with E-state index in [0.29, 0.717) is 27.1 Å². The van der Waals surface area contributed by atoms with Crippen LogP contribution in [-0.4, -0.2) is 31.1 Å². The van der Waals surface area contributed by atoms with Gasteiger partial charge in [-0.3, -0.25) is 5.32 Å². The lowest BCUT2D eigenvalue weighted by Gasteiger charge is -2.07. The third kappa shape index (κ3) is 1.39. The molecule has 0 amide bonds. The molecule has 0 spiro atoms. The molecule has 2 rings (SSSR count). The molecule has 7 nitrogen and oxygen atoms in total. The van der Waals surface area contributed by atoms with Crippen molar-refractivity contribution in [3.63, 3.8) is 0 Å². The van der Waals surface area contributed by atoms with Crippen LogP contribution in [0, 0.1) is 5.21 Å². The molecule has 0 saturated heterocycles. The quantitative estimate of drug-likeness (QED) is 0.357. The number of imidazole rings is 1. The molecule has 0 unspecified atom stereocenters. The number of nitrogens with one attached hydrogen (secondary N) is 3. The molecule has 1 heterocycles. The van der Waals surface area contributed by atoms with Gasteiger partial charge in [0.1, 0.15) is 0 Å². The molecule has 92 valence electrons. The van der Waals surface area contributed by atoms with Gasteiger partial charge in [-0.05, 0) is 12.1 Å². The maximum atomic E-state index is 12.0. The summed E-state index contributed by atoms with van der Waals surface area (Å²) >= 11 is 0. The zero-order chi connectivity index (χ0) is 12.6. The molecule has 7 heteroatoms. The number of rotatable bonds is 3. The van der Waals surface area contributed by atoms with Crippen molar-refractivity contribution in [1.29, 1.82) is 0 Å². The van der Waals surface area contributed by atoms with Gasteiger partial charge in [-0.25, -0.2) is 4.73 Å². The summed E-state index contributed by atoms with van der Waals surface area (Å²) < 4.78 is 1.50. The van der Waals surface area contributed by atoms with Crippen LogP contribution < -0.4 is 20.7 Å². The van der Waals surface area contributed by atoms with Crippen LogP contribution in [0.3, 0.4) is 0 Å². The van der Waals surface area contributed by atoms with Crippen molar-refractivity contribution >= 4 is 28.4 Å². The summed E-state index contributed by atoms with van der Waals surface area (Å²) in [5, 5.41) is 30.5. The Morgan fingerprint density at radius 3 is 2.24 bits per heavy atom. The minimum absolute atomic E-state index is 0.0687. The summed E-state index contributed by atoms with van der Waals surface area (Å²) in [6, 6.07) is 3.57. The molecular formula is C10H15N5O2. The van der Waals surface area contributed by atoms with Crippen molar-refractivity contribution in [3.05, 3.63) is 17.3 Å². The van der Waals surface area contributed by atoms with Crippen LogP contribution in [0.5, 0.6) is 0 Å². The number of hydrogen-bond donors (Lipinski definition) is 4. The third-order valence-electron chi connectivity index (χ3n) is 2.72. The molecular weight excluding hydrogens is 222 g/mol. The Balaban J connectivity index is 2.93. The lowest BCUT2D eigenvalue weighted by Crippen LogP contribution is -2.29. The summed E-state index contributed by atoms with van der Waals surface area (Å²) in [5.74, 6) is 0.0687. The predicted molar refractivity (Wildman–Crippen MR) is 66.7 cm³/mol. The second kappa shape index (κ2) is 3.93. The highest BCUT2D eigenvalue weighted by Crippen LogP contribution is 2.29. The van der Waals surface area contributed by atoms with E-state index in [4.69, 9.17) is 0 Å². The lowest BCUT2D eigenvalue weighted by molar-refractivity contribution is -0.563. The van der Waals surface area contributed by atoms with Crippen molar-refractivity contribution in [2.45, 2.75) is 0 Å². The third-order valence-corrected chi connectivity index (χ3v) is 2.72. The van der Waals surface area contributed by atoms with Gasteiger partial charge < -0.3 is 21.0 Å². The van der Waals surface area contributed by atoms with Gasteiger partial charge in [-0.1, -0.05) is 4.73 Å². The number of aromatic nitrogens is 2. The average Bonchev–Trinajstić information content (AvgIpc) is 2.61. The summed E-state index contributed by atoms with van der Waals surface area (Å²) in [6.45, 7) is 0. The molecule has 1 aromatic carbocycles. The molecule has 0 saturated carbocycles. The maximum absolute atomic E-state index is 12.0. The van der Waals surface area contributed by atoms with Crippen LogP contribution in [0.2, 0.25) is 0 Å². The Bertz CT molecular complexity index is 517. The number of nitrogens with zero attached hydrogens (tertiary/aromatic N) is 2. The summed E-state index contributed by atoms with van der Waals surface area (Å²) in [7, 11) is 5.03. The van der Waals surface area contributed by atoms with Gasteiger partial charge in [-0.2, -0.15) is 0 Å². The molecule has 17 heavy (non-hydrogen) atoms. The van der Waals surface area contributed by atoms with Crippen LogP contribution in [0.1, 0.15) is 0 Å². The van der Waals surface area contributed by atoms with E-state index in [0.717, 1.165) is 4.73 Å². The fraction of sp³-hybridized carbons (Fsp3) is 0.300. The topological polar surface area (TPSA) is 88.2 Å². The van der Waals surface area contributed by atoms with E-state index in [9.17, 15) is 10.4 Å². The summed E-state index contributed by atoms with van der Waals surface area (Å²) in [6.07, 6.45) is 0. The van der Waals surface area contributed by atoms with Crippen LogP contribution in [0.4, 0.5) is 17.3 Å². The predicted octanol–water partition coefficient (Wildman–Crippen LogP) is 0.637. The number of anilines is 3. The van der Waals surface area contributed by atoms with Crippen LogP contribution >= 0.6 is 0 Å². The highest BCUT2D eigenvalue weighted by atomic mass is 16.5. The van der Waals surface area contributed by atoms with Gasteiger partial charge in [0, 0.05) is 14.1 Å². The highest BCUT2D eigenvalue weighted by molar-refractivity contribution is 5.95. The van der Waals surface area contributed by atoms with E-state index < -0.39 is 0 Å². The van der Waals surface area contributed by atoms with Gasteiger partial charge in [0.2, 0.25) is 5.52 Å². The molecule has 0 aliphatic carbocycles. The van der Waals surface area contributed by atoms with Crippen molar-refractivity contribution in [2.75, 3.05) is 37.1 Å². The zero-order valence-electron chi connectivity index (χ0n) is 9.90. The zero-order valence-corrected chi connectivity index (χ0v) is 9.90. The fourth-order valence-corrected chi connectivity index (χ4v) is 1.91. The highest BCUT2D eigenvalue weighted by Gasteiger charge is 2.23. The van der Waals surface area contributed by atoms with E-state index in [2.05, 4.69) is 16.0 Å². The van der Waals surface area contributed by atoms with E-state index in [1.807, 2.05) is 0 Å². The smallest absolute Gasteiger partial charge is 0.395 e. The molecule has 0 aliphatic heterocycles. The SMILES string of the molecule is CNc1ccc(NC)c2c1n(O)c(NC)[n+]2[O-].